The van der Waals surface area contributed by atoms with Crippen molar-refractivity contribution in [3.8, 4) is 61.8 Å². The van der Waals surface area contributed by atoms with Gasteiger partial charge in [-0.25, -0.2) is 24.4 Å². The average molecular weight is 1470 g/mol. The van der Waals surface area contributed by atoms with E-state index in [0.717, 1.165) is 16.7 Å². The molecule has 0 saturated carbocycles. The molecule has 2 aliphatic carbocycles. The minimum atomic E-state index is -2.40. The van der Waals surface area contributed by atoms with Crippen LogP contribution in [-0.2, 0) is 39.7 Å². The lowest BCUT2D eigenvalue weighted by Gasteiger charge is -2.43. The first-order chi connectivity index (χ1) is 52.6. The lowest BCUT2D eigenvalue weighted by atomic mass is 9.72. The lowest BCUT2D eigenvalue weighted by Crippen LogP contribution is -2.55. The second-order valence-corrected chi connectivity index (χ2v) is 27.0. The van der Waals surface area contributed by atoms with Crippen LogP contribution in [0.4, 0.5) is 0 Å². The van der Waals surface area contributed by atoms with Gasteiger partial charge in [-0.15, -0.1) is 0 Å². The van der Waals surface area contributed by atoms with E-state index in [9.17, 15) is 63.9 Å². The van der Waals surface area contributed by atoms with Gasteiger partial charge < -0.3 is 74.6 Å². The number of hydrogen-bond acceptors (Lipinski definition) is 21. The number of carbonyl (C=O) groups excluding carboxylic acids is 8. The summed E-state index contributed by atoms with van der Waals surface area (Å²) in [5.74, 6) is -6.46. The second kappa shape index (κ2) is 30.4. The summed E-state index contributed by atoms with van der Waals surface area (Å²) in [5.41, 5.74) is 7.85. The molecule has 6 heterocycles. The molecule has 2 amide bonds. The maximum atomic E-state index is 14.2. The fourth-order valence-electron chi connectivity index (χ4n) is 14.9. The highest BCUT2D eigenvalue weighted by molar-refractivity contribution is 6.31. The fourth-order valence-corrected chi connectivity index (χ4v) is 14.9. The zero-order chi connectivity index (χ0) is 76.7. The number of aromatic nitrogens is 4. The molecule has 0 radical (unpaired) electrons. The minimum absolute atomic E-state index is 0.0352. The van der Waals surface area contributed by atoms with Gasteiger partial charge in [0, 0.05) is 98.8 Å². The highest BCUT2D eigenvalue weighted by atomic mass is 16.7. The van der Waals surface area contributed by atoms with E-state index in [1.165, 1.54) is 53.6 Å². The zero-order valence-electron chi connectivity index (χ0n) is 59.7. The smallest absolute Gasteiger partial charge is 0.337 e. The Bertz CT molecular complexity index is 5410. The molecule has 8 bridgehead atoms. The van der Waals surface area contributed by atoms with Crippen molar-refractivity contribution in [2.45, 2.75) is 88.1 Å². The number of Topliss-reactive ketones (excluding diaryl/α,β-unsaturated/α-hetero) is 1. The Morgan fingerprint density at radius 2 is 1.03 bits per heavy atom. The van der Waals surface area contributed by atoms with Gasteiger partial charge in [-0.05, 0) is 145 Å². The SMILES string of the molecule is COC(=O)c1ccc(-c2c3nc(c(-c4ccc(C(=O)OC)cc4)c4ccc([nH]4)c(-c4ccc(C(=O)OC)cc4)c4nc(c(-c5ccc(C(=O)NCCCCCC(=O)N[C@H]6C[C@H](O[C@H]7C[C@](O)(C(=O)CO)Cc8c(O)c9c(c(O)c87)C(=O)c7c(OC)cccc7C9=O)O[C@@H](C)[C@H]6O)cc5)c5ccc2[nH]5)C=C4)C=C3)cc1. The number of nitrogens with zero attached hydrogens (tertiary/aromatic N) is 2. The van der Waals surface area contributed by atoms with E-state index < -0.39 is 119 Å². The Labute approximate surface area is 622 Å². The summed E-state index contributed by atoms with van der Waals surface area (Å²) < 4.78 is 32.9. The van der Waals surface area contributed by atoms with Crippen LogP contribution in [0.2, 0.25) is 0 Å². The number of phenolic OH excluding ortho intramolecular Hbond substituents is 2. The molecule has 6 atom stereocenters. The summed E-state index contributed by atoms with van der Waals surface area (Å²) in [4.78, 5) is 125. The standard InChI is InChI=1S/C84H74N6O19/c1-42-75(94)61(38-66(108-42)109-63-40-84(103,64(92)41-91)39-52-72(63)79(98)74-73(77(52)96)76(95)51-10-9-11-62(104-2)71(51)78(74)97)90-65(93)12-7-6-8-37-85-80(99)47-21-13-43(14-22-47)67-53-29-31-55(86-53)68(44-15-23-48(24-16-44)81(100)105-3)57-33-35-59(88-57)70(46-19-27-50(28-20-46)83(102)107-5)60-36-34-58(89-60)69(56-32-30-54(67)87-56)45-17-25-49(26-18-45)82(101)106-4/h9-11,13-36,42,61,63,66,75,86,89,91,94,96,98,103H,6-8,12,37-41H2,1-5H3,(H,85,99)(H,90,93)/t42-,61-,63-,66-,75+,84-/m0/s1. The molecular weight excluding hydrogens is 1400 g/mol. The number of esters is 3. The van der Waals surface area contributed by atoms with Crippen molar-refractivity contribution in [3.05, 3.63) is 218 Å². The first kappa shape index (κ1) is 73.4. The molecule has 5 aliphatic rings. The van der Waals surface area contributed by atoms with Gasteiger partial charge in [-0.2, -0.15) is 0 Å². The molecule has 3 aliphatic heterocycles. The predicted molar refractivity (Wildman–Crippen MR) is 401 cm³/mol. The number of hydrogen-bond donors (Lipinski definition) is 9. The van der Waals surface area contributed by atoms with Gasteiger partial charge >= 0.3 is 17.9 Å². The Kier molecular flexibility index (Phi) is 20.5. The van der Waals surface area contributed by atoms with Crippen molar-refractivity contribution in [1.82, 2.24) is 30.6 Å². The number of aromatic amines is 2. The third-order valence-corrected chi connectivity index (χ3v) is 20.4. The summed E-state index contributed by atoms with van der Waals surface area (Å²) in [6, 6.07) is 39.3. The molecular formula is C84H74N6O19. The van der Waals surface area contributed by atoms with E-state index in [4.69, 9.17) is 38.4 Å². The number of ether oxygens (including phenoxy) is 6. The highest BCUT2D eigenvalue weighted by Gasteiger charge is 2.51. The first-order valence-corrected chi connectivity index (χ1v) is 35.3. The predicted octanol–water partition coefficient (Wildman–Crippen LogP) is 11.1. The maximum Gasteiger partial charge on any atom is 0.337 e. The number of aromatic hydroxyl groups is 2. The number of carbonyl (C=O) groups is 8. The summed E-state index contributed by atoms with van der Waals surface area (Å²) in [5, 5.41) is 62.7. The van der Waals surface area contributed by atoms with Crippen molar-refractivity contribution < 1.29 is 92.3 Å². The molecule has 3 aromatic heterocycles. The normalized spacial score (nSPS) is 18.2. The van der Waals surface area contributed by atoms with E-state index in [0.29, 0.717) is 114 Å². The highest BCUT2D eigenvalue weighted by Crippen LogP contribution is 2.53. The van der Waals surface area contributed by atoms with Gasteiger partial charge in [0.1, 0.15) is 35.6 Å². The third-order valence-electron chi connectivity index (χ3n) is 20.4. The molecule has 6 aromatic carbocycles. The number of amides is 2. The number of aliphatic hydroxyl groups is 3. The van der Waals surface area contributed by atoms with E-state index in [2.05, 4.69) is 20.6 Å². The topological polar surface area (TPSA) is 375 Å². The molecule has 109 heavy (non-hydrogen) atoms. The maximum absolute atomic E-state index is 14.2. The minimum Gasteiger partial charge on any atom is -0.507 e. The first-order valence-electron chi connectivity index (χ1n) is 35.3. The van der Waals surface area contributed by atoms with E-state index >= 15 is 0 Å². The van der Waals surface area contributed by atoms with Crippen LogP contribution in [0, 0.1) is 0 Å². The van der Waals surface area contributed by atoms with Crippen LogP contribution >= 0.6 is 0 Å². The molecule has 25 heteroatoms. The van der Waals surface area contributed by atoms with Gasteiger partial charge in [0.05, 0.1) is 103 Å². The van der Waals surface area contributed by atoms with Crippen LogP contribution < -0.4 is 15.4 Å². The number of fused-ring (bicyclic) bond motifs is 11. The molecule has 0 spiro atoms. The van der Waals surface area contributed by atoms with Gasteiger partial charge in [-0.1, -0.05) is 67.1 Å². The summed E-state index contributed by atoms with van der Waals surface area (Å²) in [6.45, 7) is 0.696. The van der Waals surface area contributed by atoms with Crippen LogP contribution in [-0.4, -0.2) is 164 Å². The number of aliphatic hydroxyl groups excluding tert-OH is 2. The molecule has 14 rings (SSSR count). The molecule has 1 fully saturated rings. The monoisotopic (exact) mass is 1470 g/mol. The van der Waals surface area contributed by atoms with Crippen molar-refractivity contribution >= 4 is 93.4 Å². The number of phenols is 2. The van der Waals surface area contributed by atoms with Crippen LogP contribution in [0.25, 0.3) is 90.9 Å². The molecule has 1 saturated heterocycles. The molecule has 9 N–H and O–H groups in total. The molecule has 25 nitrogen and oxygen atoms in total. The number of ketones is 3. The van der Waals surface area contributed by atoms with Crippen LogP contribution in [0.1, 0.15) is 159 Å². The Morgan fingerprint density at radius 1 is 0.569 bits per heavy atom. The van der Waals surface area contributed by atoms with Crippen LogP contribution in [0.15, 0.2) is 140 Å². The van der Waals surface area contributed by atoms with E-state index in [1.807, 2.05) is 97.1 Å². The number of nitrogens with one attached hydrogen (secondary N) is 4. The third kappa shape index (κ3) is 14.0. The average Bonchev–Trinajstić information content (AvgIpc) is 1.64. The Hall–Kier alpha value is -12.5. The molecule has 0 unspecified atom stereocenters. The largest absolute Gasteiger partial charge is 0.507 e. The van der Waals surface area contributed by atoms with Gasteiger partial charge in [0.25, 0.3) is 5.91 Å². The number of benzene rings is 6. The summed E-state index contributed by atoms with van der Waals surface area (Å²) in [7, 11) is 5.26. The number of rotatable bonds is 20. The molecule has 9 aromatic rings. The van der Waals surface area contributed by atoms with Crippen molar-refractivity contribution in [2.75, 3.05) is 41.6 Å². The second-order valence-electron chi connectivity index (χ2n) is 27.0. The zero-order valence-corrected chi connectivity index (χ0v) is 59.7. The van der Waals surface area contributed by atoms with Gasteiger partial charge in [0.2, 0.25) is 11.7 Å². The Balaban J connectivity index is 0.700. The van der Waals surface area contributed by atoms with Crippen molar-refractivity contribution in [1.29, 1.82) is 0 Å². The lowest BCUT2D eigenvalue weighted by molar-refractivity contribution is -0.249. The van der Waals surface area contributed by atoms with Gasteiger partial charge in [0.15, 0.2) is 17.9 Å². The fraction of sp³-hybridized carbons (Fsp3) is 0.238. The molecule has 554 valence electrons. The van der Waals surface area contributed by atoms with Crippen molar-refractivity contribution in [2.24, 2.45) is 0 Å². The van der Waals surface area contributed by atoms with Gasteiger partial charge in [-0.3, -0.25) is 24.0 Å². The van der Waals surface area contributed by atoms with E-state index in [-0.39, 0.29) is 53.3 Å². The number of unbranched alkanes of at least 4 members (excludes halogenated alkanes) is 2. The summed E-state index contributed by atoms with van der Waals surface area (Å²) >= 11 is 0. The number of methoxy groups -OCH3 is 4. The summed E-state index contributed by atoms with van der Waals surface area (Å²) in [6.07, 6.45) is 2.65. The van der Waals surface area contributed by atoms with Crippen LogP contribution in [0.5, 0.6) is 17.2 Å². The Morgan fingerprint density at radius 3 is 1.48 bits per heavy atom. The number of H-pyrrole nitrogens is 2. The van der Waals surface area contributed by atoms with E-state index in [1.54, 1.807) is 48.5 Å². The van der Waals surface area contributed by atoms with Crippen LogP contribution in [0.3, 0.4) is 0 Å². The van der Waals surface area contributed by atoms with Crippen molar-refractivity contribution in [3.63, 3.8) is 0 Å². The quantitative estimate of drug-likeness (QED) is 0.0148.